The van der Waals surface area contributed by atoms with Gasteiger partial charge in [-0.3, -0.25) is 9.36 Å². The van der Waals surface area contributed by atoms with E-state index in [4.69, 9.17) is 11.6 Å². The highest BCUT2D eigenvalue weighted by molar-refractivity contribution is 9.10. The highest BCUT2D eigenvalue weighted by atomic mass is 79.9. The maximum absolute atomic E-state index is 12.8. The summed E-state index contributed by atoms with van der Waals surface area (Å²) < 4.78 is 3.38. The van der Waals surface area contributed by atoms with Gasteiger partial charge in [-0.05, 0) is 42.0 Å². The fourth-order valence-electron chi connectivity index (χ4n) is 2.70. The first-order valence-corrected chi connectivity index (χ1v) is 9.61. The second kappa shape index (κ2) is 6.78. The molecule has 2 heterocycles. The van der Waals surface area contributed by atoms with Crippen molar-refractivity contribution in [3.05, 3.63) is 83.3 Å². The van der Waals surface area contributed by atoms with Crippen LogP contribution in [-0.2, 0) is 6.67 Å². The average molecular weight is 435 g/mol. The first-order chi connectivity index (χ1) is 12.1. The van der Waals surface area contributed by atoms with Crippen LogP contribution < -0.4 is 19.8 Å². The van der Waals surface area contributed by atoms with Gasteiger partial charge in [-0.15, -0.1) is 0 Å². The number of rotatable bonds is 2. The molecular weight excluding hydrogens is 422 g/mol. The molecule has 0 fully saturated rings. The molecule has 0 amide bonds. The van der Waals surface area contributed by atoms with Crippen LogP contribution in [0.3, 0.4) is 0 Å². The zero-order valence-corrected chi connectivity index (χ0v) is 16.2. The number of hydrogen-bond donors (Lipinski definition) is 0. The Kier molecular flexibility index (Phi) is 4.50. The van der Waals surface area contributed by atoms with E-state index in [-0.39, 0.29) is 5.56 Å². The number of anilines is 1. The van der Waals surface area contributed by atoms with Crippen molar-refractivity contribution in [1.82, 2.24) is 4.57 Å². The van der Waals surface area contributed by atoms with Crippen molar-refractivity contribution < 1.29 is 0 Å². The minimum absolute atomic E-state index is 0.0246. The molecule has 25 heavy (non-hydrogen) atoms. The minimum atomic E-state index is -0.0246. The molecule has 0 radical (unpaired) electrons. The van der Waals surface area contributed by atoms with Crippen molar-refractivity contribution in [3.63, 3.8) is 0 Å². The average Bonchev–Trinajstić information content (AvgIpc) is 2.90. The van der Waals surface area contributed by atoms with Gasteiger partial charge in [0.25, 0.3) is 5.56 Å². The summed E-state index contributed by atoms with van der Waals surface area (Å²) in [7, 11) is 0. The highest BCUT2D eigenvalue weighted by Crippen LogP contribution is 2.20. The molecule has 0 atom stereocenters. The second-order valence-electron chi connectivity index (χ2n) is 5.64. The lowest BCUT2D eigenvalue weighted by molar-refractivity contribution is 0.569. The number of hydrogen-bond acceptors (Lipinski definition) is 4. The maximum Gasteiger partial charge on any atom is 0.271 e. The fourth-order valence-corrected chi connectivity index (χ4v) is 4.24. The summed E-state index contributed by atoms with van der Waals surface area (Å²) in [5.41, 5.74) is 1.92. The van der Waals surface area contributed by atoms with Crippen LogP contribution in [0.25, 0.3) is 6.08 Å². The van der Waals surface area contributed by atoms with Crippen LogP contribution in [0, 0.1) is 0 Å². The summed E-state index contributed by atoms with van der Waals surface area (Å²) in [6.45, 7) is 1.03. The van der Waals surface area contributed by atoms with E-state index in [0.717, 1.165) is 20.5 Å². The zero-order chi connectivity index (χ0) is 17.4. The van der Waals surface area contributed by atoms with Crippen molar-refractivity contribution in [3.8, 4) is 0 Å². The Labute approximate surface area is 161 Å². The standard InChI is InChI=1S/C18H13BrClN3OS/c19-13-4-2-6-15(9-13)22-10-21-18-23(11-22)17(24)16(25-18)8-12-3-1-5-14(20)7-12/h1-9H,10-11H2/b16-8-. The van der Waals surface area contributed by atoms with Gasteiger partial charge < -0.3 is 4.90 Å². The van der Waals surface area contributed by atoms with Gasteiger partial charge in [0, 0.05) is 15.2 Å². The monoisotopic (exact) mass is 433 g/mol. The van der Waals surface area contributed by atoms with E-state index in [2.05, 4.69) is 25.8 Å². The summed E-state index contributed by atoms with van der Waals surface area (Å²) in [6.07, 6.45) is 1.86. The zero-order valence-electron chi connectivity index (χ0n) is 13.0. The molecule has 0 spiro atoms. The minimum Gasteiger partial charge on any atom is -0.334 e. The molecule has 3 aromatic rings. The molecule has 1 aliphatic heterocycles. The Balaban J connectivity index is 1.73. The molecule has 4 nitrogen and oxygen atoms in total. The lowest BCUT2D eigenvalue weighted by atomic mass is 10.2. The Bertz CT molecular complexity index is 1120. The van der Waals surface area contributed by atoms with Crippen LogP contribution in [0.1, 0.15) is 5.56 Å². The fraction of sp³-hybridized carbons (Fsp3) is 0.111. The molecule has 126 valence electrons. The lowest BCUT2D eigenvalue weighted by Crippen LogP contribution is -2.42. The SMILES string of the molecule is O=c1/c(=C/c2cccc(Cl)c2)sc2n1CN(c1cccc(Br)c1)CN=2. The normalized spacial score (nSPS) is 14.3. The van der Waals surface area contributed by atoms with Crippen LogP contribution in [0.5, 0.6) is 0 Å². The van der Waals surface area contributed by atoms with Crippen LogP contribution >= 0.6 is 38.9 Å². The Morgan fingerprint density at radius 1 is 1.20 bits per heavy atom. The molecule has 0 saturated heterocycles. The van der Waals surface area contributed by atoms with Gasteiger partial charge in [0.05, 0.1) is 4.53 Å². The van der Waals surface area contributed by atoms with Crippen molar-refractivity contribution >= 4 is 50.6 Å². The topological polar surface area (TPSA) is 37.6 Å². The smallest absolute Gasteiger partial charge is 0.271 e. The Morgan fingerprint density at radius 3 is 2.84 bits per heavy atom. The van der Waals surface area contributed by atoms with E-state index < -0.39 is 0 Å². The molecule has 0 N–H and O–H groups in total. The number of halogens is 2. The first-order valence-electron chi connectivity index (χ1n) is 7.62. The molecule has 7 heteroatoms. The second-order valence-corrected chi connectivity index (χ2v) is 8.00. The lowest BCUT2D eigenvalue weighted by Gasteiger charge is -2.25. The maximum atomic E-state index is 12.8. The van der Waals surface area contributed by atoms with E-state index in [0.29, 0.717) is 22.9 Å². The van der Waals surface area contributed by atoms with Gasteiger partial charge in [0.2, 0.25) is 0 Å². The van der Waals surface area contributed by atoms with Crippen molar-refractivity contribution in [2.24, 2.45) is 4.99 Å². The molecule has 0 saturated carbocycles. The Morgan fingerprint density at radius 2 is 2.04 bits per heavy atom. The van der Waals surface area contributed by atoms with Gasteiger partial charge in [0.15, 0.2) is 4.80 Å². The molecule has 0 bridgehead atoms. The van der Waals surface area contributed by atoms with Crippen LogP contribution in [0.4, 0.5) is 5.69 Å². The molecule has 1 aromatic heterocycles. The molecule has 0 aliphatic carbocycles. The van der Waals surface area contributed by atoms with Crippen LogP contribution in [0.2, 0.25) is 5.02 Å². The summed E-state index contributed by atoms with van der Waals surface area (Å²) >= 11 is 10.9. The van der Waals surface area contributed by atoms with Crippen LogP contribution in [0.15, 0.2) is 62.8 Å². The summed E-state index contributed by atoms with van der Waals surface area (Å²) in [4.78, 5) is 20.1. The highest BCUT2D eigenvalue weighted by Gasteiger charge is 2.16. The summed E-state index contributed by atoms with van der Waals surface area (Å²) in [5, 5.41) is 0.653. The van der Waals surface area contributed by atoms with E-state index in [1.54, 1.807) is 4.57 Å². The first kappa shape index (κ1) is 16.6. The summed E-state index contributed by atoms with van der Waals surface area (Å²) in [5.74, 6) is 0. The Hall–Kier alpha value is -1.89. The van der Waals surface area contributed by atoms with E-state index >= 15 is 0 Å². The third kappa shape index (κ3) is 3.42. The van der Waals surface area contributed by atoms with Gasteiger partial charge in [0.1, 0.15) is 13.3 Å². The number of benzene rings is 2. The predicted octanol–water partition coefficient (Wildman–Crippen LogP) is 3.21. The number of thiazole rings is 1. The third-order valence-corrected chi connectivity index (χ3v) is 5.67. The number of fused-ring (bicyclic) bond motifs is 1. The van der Waals surface area contributed by atoms with Crippen molar-refractivity contribution in [2.45, 2.75) is 6.67 Å². The van der Waals surface area contributed by atoms with Gasteiger partial charge in [-0.1, -0.05) is 57.1 Å². The van der Waals surface area contributed by atoms with E-state index in [9.17, 15) is 4.79 Å². The van der Waals surface area contributed by atoms with Crippen LogP contribution in [-0.4, -0.2) is 11.2 Å². The van der Waals surface area contributed by atoms with E-state index in [1.165, 1.54) is 11.3 Å². The molecular formula is C18H13BrClN3OS. The van der Waals surface area contributed by atoms with Gasteiger partial charge in [-0.2, -0.15) is 0 Å². The van der Waals surface area contributed by atoms with Gasteiger partial charge in [-0.25, -0.2) is 4.99 Å². The number of aromatic nitrogens is 1. The summed E-state index contributed by atoms with van der Waals surface area (Å²) in [6, 6.07) is 15.5. The third-order valence-electron chi connectivity index (χ3n) is 3.90. The molecule has 2 aromatic carbocycles. The molecule has 4 rings (SSSR count). The quantitative estimate of drug-likeness (QED) is 0.621. The van der Waals surface area contributed by atoms with Crippen molar-refractivity contribution in [2.75, 3.05) is 11.6 Å². The van der Waals surface area contributed by atoms with Gasteiger partial charge >= 0.3 is 0 Å². The predicted molar refractivity (Wildman–Crippen MR) is 106 cm³/mol. The molecule has 0 unspecified atom stereocenters. The van der Waals surface area contributed by atoms with E-state index in [1.807, 2.05) is 54.6 Å². The largest absolute Gasteiger partial charge is 0.334 e. The van der Waals surface area contributed by atoms with Crippen molar-refractivity contribution in [1.29, 1.82) is 0 Å². The number of nitrogens with zero attached hydrogens (tertiary/aromatic N) is 3. The molecule has 1 aliphatic rings.